The largest absolute Gasteiger partial charge is 0.347 e. The second kappa shape index (κ2) is 4.01. The Morgan fingerprint density at radius 1 is 1.29 bits per heavy atom. The summed E-state index contributed by atoms with van der Waals surface area (Å²) in [6.45, 7) is 0.502. The van der Waals surface area contributed by atoms with Gasteiger partial charge in [0.1, 0.15) is 12.2 Å². The summed E-state index contributed by atoms with van der Waals surface area (Å²) in [7, 11) is 0. The van der Waals surface area contributed by atoms with Crippen molar-refractivity contribution in [1.29, 1.82) is 0 Å². The van der Waals surface area contributed by atoms with Gasteiger partial charge in [0.25, 0.3) is 0 Å². The van der Waals surface area contributed by atoms with Gasteiger partial charge in [0, 0.05) is 0 Å². The lowest BCUT2D eigenvalue weighted by Crippen LogP contribution is -2.04. The second-order valence-corrected chi connectivity index (χ2v) is 2.95. The molecule has 0 unspecified atom stereocenters. The van der Waals surface area contributed by atoms with Gasteiger partial charge in [-0.3, -0.25) is 5.10 Å². The molecule has 0 amide bonds. The SMILES string of the molecule is Clc1cnc(NCc2ncn[nH]2)nc1. The van der Waals surface area contributed by atoms with E-state index in [1.54, 1.807) is 0 Å². The Kier molecular flexibility index (Phi) is 2.55. The van der Waals surface area contributed by atoms with Gasteiger partial charge in [-0.1, -0.05) is 11.6 Å². The van der Waals surface area contributed by atoms with Crippen molar-refractivity contribution in [2.75, 3.05) is 5.32 Å². The molecule has 7 heteroatoms. The van der Waals surface area contributed by atoms with E-state index in [0.29, 0.717) is 17.5 Å². The van der Waals surface area contributed by atoms with Crippen LogP contribution in [0.1, 0.15) is 5.82 Å². The Morgan fingerprint density at radius 2 is 2.07 bits per heavy atom. The predicted octanol–water partition coefficient (Wildman–Crippen LogP) is 0.860. The van der Waals surface area contributed by atoms with E-state index < -0.39 is 0 Å². The van der Waals surface area contributed by atoms with Crippen molar-refractivity contribution in [1.82, 2.24) is 25.1 Å². The normalized spacial score (nSPS) is 10.1. The predicted molar refractivity (Wildman–Crippen MR) is 50.8 cm³/mol. The van der Waals surface area contributed by atoms with Crippen LogP contribution in [-0.2, 0) is 6.54 Å². The first kappa shape index (κ1) is 8.89. The molecule has 0 aliphatic rings. The first-order chi connectivity index (χ1) is 6.84. The maximum Gasteiger partial charge on any atom is 0.223 e. The van der Waals surface area contributed by atoms with Crippen molar-refractivity contribution >= 4 is 17.5 Å². The van der Waals surface area contributed by atoms with E-state index in [1.807, 2.05) is 0 Å². The van der Waals surface area contributed by atoms with Gasteiger partial charge in [-0.05, 0) is 0 Å². The van der Waals surface area contributed by atoms with Crippen LogP contribution in [0.25, 0.3) is 0 Å². The highest BCUT2D eigenvalue weighted by molar-refractivity contribution is 6.30. The molecule has 0 atom stereocenters. The van der Waals surface area contributed by atoms with Gasteiger partial charge in [-0.2, -0.15) is 5.10 Å². The van der Waals surface area contributed by atoms with E-state index in [9.17, 15) is 0 Å². The zero-order valence-corrected chi connectivity index (χ0v) is 7.86. The number of halogens is 1. The number of rotatable bonds is 3. The number of nitrogens with one attached hydrogen (secondary N) is 2. The fraction of sp³-hybridized carbons (Fsp3) is 0.143. The summed E-state index contributed by atoms with van der Waals surface area (Å²) in [6, 6.07) is 0. The quantitative estimate of drug-likeness (QED) is 0.786. The minimum absolute atomic E-state index is 0.502. The molecule has 0 radical (unpaired) electrons. The minimum Gasteiger partial charge on any atom is -0.347 e. The molecular formula is C7H7ClN6. The summed E-state index contributed by atoms with van der Waals surface area (Å²) in [5.74, 6) is 1.23. The number of H-pyrrole nitrogens is 1. The summed E-state index contributed by atoms with van der Waals surface area (Å²) >= 11 is 5.63. The lowest BCUT2D eigenvalue weighted by Gasteiger charge is -2.00. The Labute approximate surface area is 84.8 Å². The molecule has 0 aromatic carbocycles. The summed E-state index contributed by atoms with van der Waals surface area (Å²) in [6.07, 6.45) is 4.49. The fourth-order valence-corrected chi connectivity index (χ4v) is 0.980. The maximum atomic E-state index is 5.63. The highest BCUT2D eigenvalue weighted by atomic mass is 35.5. The zero-order valence-electron chi connectivity index (χ0n) is 7.11. The third-order valence-corrected chi connectivity index (χ3v) is 1.69. The van der Waals surface area contributed by atoms with Gasteiger partial charge < -0.3 is 5.32 Å². The van der Waals surface area contributed by atoms with Crippen LogP contribution in [0.5, 0.6) is 0 Å². The van der Waals surface area contributed by atoms with Gasteiger partial charge in [0.05, 0.1) is 24.0 Å². The molecule has 0 aliphatic carbocycles. The lowest BCUT2D eigenvalue weighted by molar-refractivity contribution is 0.935. The smallest absolute Gasteiger partial charge is 0.223 e. The highest BCUT2D eigenvalue weighted by Crippen LogP contribution is 2.05. The molecule has 0 saturated heterocycles. The first-order valence-corrected chi connectivity index (χ1v) is 4.28. The van der Waals surface area contributed by atoms with E-state index >= 15 is 0 Å². The topological polar surface area (TPSA) is 79.4 Å². The van der Waals surface area contributed by atoms with E-state index in [4.69, 9.17) is 11.6 Å². The average Bonchev–Trinajstić information content (AvgIpc) is 2.70. The Hall–Kier alpha value is -1.69. The number of aromatic amines is 1. The van der Waals surface area contributed by atoms with Crippen LogP contribution >= 0.6 is 11.6 Å². The number of aromatic nitrogens is 5. The van der Waals surface area contributed by atoms with Crippen molar-refractivity contribution in [2.24, 2.45) is 0 Å². The molecule has 0 spiro atoms. The molecule has 0 bridgehead atoms. The van der Waals surface area contributed by atoms with E-state index in [2.05, 4.69) is 30.5 Å². The third-order valence-electron chi connectivity index (χ3n) is 1.50. The minimum atomic E-state index is 0.502. The summed E-state index contributed by atoms with van der Waals surface area (Å²) in [4.78, 5) is 11.9. The molecule has 0 fully saturated rings. The van der Waals surface area contributed by atoms with Crippen LogP contribution in [0.3, 0.4) is 0 Å². The Balaban J connectivity index is 1.95. The van der Waals surface area contributed by atoms with Gasteiger partial charge in [0.15, 0.2) is 0 Å². The van der Waals surface area contributed by atoms with Crippen LogP contribution in [0.4, 0.5) is 5.95 Å². The van der Waals surface area contributed by atoms with Crippen LogP contribution in [0.15, 0.2) is 18.7 Å². The van der Waals surface area contributed by atoms with Crippen molar-refractivity contribution in [3.8, 4) is 0 Å². The maximum absolute atomic E-state index is 5.63. The molecule has 2 N–H and O–H groups in total. The van der Waals surface area contributed by atoms with Gasteiger partial charge in [-0.25, -0.2) is 15.0 Å². The molecule has 2 heterocycles. The molecule has 6 nitrogen and oxygen atoms in total. The number of hydrogen-bond acceptors (Lipinski definition) is 5. The summed E-state index contributed by atoms with van der Waals surface area (Å²) in [5, 5.41) is 9.89. The molecule has 0 aliphatic heterocycles. The van der Waals surface area contributed by atoms with Crippen molar-refractivity contribution in [3.63, 3.8) is 0 Å². The number of hydrogen-bond donors (Lipinski definition) is 2. The van der Waals surface area contributed by atoms with Crippen LogP contribution in [0, 0.1) is 0 Å². The van der Waals surface area contributed by atoms with Crippen LogP contribution in [0.2, 0.25) is 5.02 Å². The van der Waals surface area contributed by atoms with E-state index in [-0.39, 0.29) is 0 Å². The molecule has 14 heavy (non-hydrogen) atoms. The van der Waals surface area contributed by atoms with E-state index in [1.165, 1.54) is 18.7 Å². The number of nitrogens with zero attached hydrogens (tertiary/aromatic N) is 4. The Bertz CT molecular complexity index is 383. The standard InChI is InChI=1S/C7H7ClN6/c8-5-1-9-7(10-2-5)11-3-6-12-4-13-14-6/h1-2,4H,3H2,(H,9,10,11)(H,12,13,14). The Morgan fingerprint density at radius 3 is 2.71 bits per heavy atom. The molecule has 2 aromatic rings. The average molecular weight is 211 g/mol. The zero-order chi connectivity index (χ0) is 9.80. The molecular weight excluding hydrogens is 204 g/mol. The van der Waals surface area contributed by atoms with Gasteiger partial charge >= 0.3 is 0 Å². The van der Waals surface area contributed by atoms with Gasteiger partial charge in [-0.15, -0.1) is 0 Å². The van der Waals surface area contributed by atoms with Crippen molar-refractivity contribution < 1.29 is 0 Å². The van der Waals surface area contributed by atoms with Crippen molar-refractivity contribution in [3.05, 3.63) is 29.6 Å². The highest BCUT2D eigenvalue weighted by Gasteiger charge is 1.97. The number of anilines is 1. The van der Waals surface area contributed by atoms with E-state index in [0.717, 1.165) is 5.82 Å². The van der Waals surface area contributed by atoms with Crippen molar-refractivity contribution in [2.45, 2.75) is 6.54 Å². The van der Waals surface area contributed by atoms with Gasteiger partial charge in [0.2, 0.25) is 5.95 Å². The second-order valence-electron chi connectivity index (χ2n) is 2.51. The lowest BCUT2D eigenvalue weighted by atomic mass is 10.6. The molecule has 2 aromatic heterocycles. The van der Waals surface area contributed by atoms with Crippen LogP contribution < -0.4 is 5.32 Å². The van der Waals surface area contributed by atoms with Crippen LogP contribution in [-0.4, -0.2) is 25.1 Å². The monoisotopic (exact) mass is 210 g/mol. The third kappa shape index (κ3) is 2.17. The summed E-state index contributed by atoms with van der Waals surface area (Å²) in [5.41, 5.74) is 0. The first-order valence-electron chi connectivity index (χ1n) is 3.90. The molecule has 0 saturated carbocycles. The fourth-order valence-electron chi connectivity index (χ4n) is 0.882. The summed E-state index contributed by atoms with van der Waals surface area (Å²) < 4.78 is 0. The molecule has 72 valence electrons. The molecule has 2 rings (SSSR count).